The zero-order valence-corrected chi connectivity index (χ0v) is 10.6. The van der Waals surface area contributed by atoms with E-state index in [-0.39, 0.29) is 12.1 Å². The van der Waals surface area contributed by atoms with E-state index in [4.69, 9.17) is 14.2 Å². The SMILES string of the molecule is CCCC[C@H]1OC(C)(C)O[C@@H]1C(=O)OCC. The van der Waals surface area contributed by atoms with Crippen LogP contribution in [-0.4, -0.2) is 30.6 Å². The summed E-state index contributed by atoms with van der Waals surface area (Å²) < 4.78 is 16.3. The van der Waals surface area contributed by atoms with E-state index in [2.05, 4.69) is 6.92 Å². The second-order valence-electron chi connectivity index (χ2n) is 4.49. The predicted octanol–water partition coefficient (Wildman–Crippen LogP) is 2.26. The number of carbonyl (C=O) groups is 1. The van der Waals surface area contributed by atoms with Gasteiger partial charge in [0.05, 0.1) is 12.7 Å². The molecule has 1 aliphatic rings. The van der Waals surface area contributed by atoms with Crippen LogP contribution in [0.3, 0.4) is 0 Å². The molecular weight excluding hydrogens is 208 g/mol. The van der Waals surface area contributed by atoms with E-state index in [9.17, 15) is 4.79 Å². The van der Waals surface area contributed by atoms with Gasteiger partial charge in [0.1, 0.15) is 0 Å². The van der Waals surface area contributed by atoms with Gasteiger partial charge in [-0.05, 0) is 27.2 Å². The maximum absolute atomic E-state index is 11.7. The van der Waals surface area contributed by atoms with E-state index in [1.54, 1.807) is 6.92 Å². The van der Waals surface area contributed by atoms with Crippen LogP contribution in [0.5, 0.6) is 0 Å². The molecule has 2 atom stereocenters. The molecular formula is C12H22O4. The first-order valence-corrected chi connectivity index (χ1v) is 6.02. The quantitative estimate of drug-likeness (QED) is 0.680. The van der Waals surface area contributed by atoms with E-state index in [0.29, 0.717) is 6.61 Å². The van der Waals surface area contributed by atoms with Gasteiger partial charge in [-0.2, -0.15) is 0 Å². The molecule has 1 aliphatic heterocycles. The molecule has 0 unspecified atom stereocenters. The molecule has 0 saturated carbocycles. The first kappa shape index (κ1) is 13.5. The third-order valence-corrected chi connectivity index (χ3v) is 2.54. The molecule has 1 rings (SSSR count). The molecule has 0 aliphatic carbocycles. The summed E-state index contributed by atoms with van der Waals surface area (Å²) in [5.41, 5.74) is 0. The van der Waals surface area contributed by atoms with Gasteiger partial charge in [0.15, 0.2) is 11.9 Å². The Balaban J connectivity index is 2.60. The average molecular weight is 230 g/mol. The molecule has 16 heavy (non-hydrogen) atoms. The lowest BCUT2D eigenvalue weighted by Gasteiger charge is -2.16. The Bertz CT molecular complexity index is 237. The van der Waals surface area contributed by atoms with Gasteiger partial charge in [0, 0.05) is 0 Å². The van der Waals surface area contributed by atoms with E-state index >= 15 is 0 Å². The average Bonchev–Trinajstić information content (AvgIpc) is 2.51. The number of ether oxygens (including phenoxy) is 3. The van der Waals surface area contributed by atoms with Gasteiger partial charge in [0.25, 0.3) is 0 Å². The number of hydrogen-bond donors (Lipinski definition) is 0. The summed E-state index contributed by atoms with van der Waals surface area (Å²) in [4.78, 5) is 11.7. The second kappa shape index (κ2) is 5.64. The van der Waals surface area contributed by atoms with Crippen LogP contribution < -0.4 is 0 Å². The zero-order valence-electron chi connectivity index (χ0n) is 10.6. The molecule has 0 amide bonds. The lowest BCUT2D eigenvalue weighted by Crippen LogP contribution is -2.33. The highest BCUT2D eigenvalue weighted by Crippen LogP contribution is 2.31. The number of carbonyl (C=O) groups excluding carboxylic acids is 1. The Hall–Kier alpha value is -0.610. The molecule has 94 valence electrons. The lowest BCUT2D eigenvalue weighted by molar-refractivity contribution is -0.170. The summed E-state index contributed by atoms with van der Waals surface area (Å²) in [5.74, 6) is -0.996. The van der Waals surface area contributed by atoms with Crippen molar-refractivity contribution in [3.05, 3.63) is 0 Å². The molecule has 0 aromatic heterocycles. The first-order chi connectivity index (χ1) is 7.50. The van der Waals surface area contributed by atoms with Crippen molar-refractivity contribution >= 4 is 5.97 Å². The normalized spacial score (nSPS) is 28.0. The van der Waals surface area contributed by atoms with Crippen molar-refractivity contribution in [2.45, 2.75) is 65.0 Å². The van der Waals surface area contributed by atoms with Crippen molar-refractivity contribution in [1.29, 1.82) is 0 Å². The van der Waals surface area contributed by atoms with Crippen LogP contribution in [0.25, 0.3) is 0 Å². The Kier molecular flexibility index (Phi) is 4.74. The Morgan fingerprint density at radius 1 is 1.31 bits per heavy atom. The fraction of sp³-hybridized carbons (Fsp3) is 0.917. The summed E-state index contributed by atoms with van der Waals surface area (Å²) in [5, 5.41) is 0. The maximum atomic E-state index is 11.7. The van der Waals surface area contributed by atoms with Crippen molar-refractivity contribution in [2.24, 2.45) is 0 Å². The number of rotatable bonds is 5. The highest BCUT2D eigenvalue weighted by molar-refractivity contribution is 5.75. The molecule has 0 bridgehead atoms. The summed E-state index contributed by atoms with van der Waals surface area (Å²) in [6.45, 7) is 7.93. The van der Waals surface area contributed by atoms with Gasteiger partial charge in [0.2, 0.25) is 0 Å². The number of unbranched alkanes of at least 4 members (excludes halogenated alkanes) is 1. The zero-order chi connectivity index (χ0) is 12.2. The Morgan fingerprint density at radius 2 is 2.00 bits per heavy atom. The molecule has 4 nitrogen and oxygen atoms in total. The minimum atomic E-state index is -0.685. The van der Waals surface area contributed by atoms with Crippen molar-refractivity contribution in [1.82, 2.24) is 0 Å². The lowest BCUT2D eigenvalue weighted by atomic mass is 10.1. The summed E-state index contributed by atoms with van der Waals surface area (Å²) in [6, 6.07) is 0. The van der Waals surface area contributed by atoms with Crippen LogP contribution in [0.15, 0.2) is 0 Å². The molecule has 0 aromatic rings. The van der Waals surface area contributed by atoms with Gasteiger partial charge < -0.3 is 14.2 Å². The van der Waals surface area contributed by atoms with Crippen LogP contribution in [-0.2, 0) is 19.0 Å². The van der Waals surface area contributed by atoms with E-state index in [1.807, 2.05) is 13.8 Å². The van der Waals surface area contributed by atoms with Crippen LogP contribution >= 0.6 is 0 Å². The maximum Gasteiger partial charge on any atom is 0.338 e. The van der Waals surface area contributed by atoms with Crippen molar-refractivity contribution in [3.63, 3.8) is 0 Å². The summed E-state index contributed by atoms with van der Waals surface area (Å²) >= 11 is 0. The minimum Gasteiger partial charge on any atom is -0.464 e. The molecule has 1 heterocycles. The van der Waals surface area contributed by atoms with Gasteiger partial charge >= 0.3 is 5.97 Å². The molecule has 0 N–H and O–H groups in total. The predicted molar refractivity (Wildman–Crippen MR) is 60.0 cm³/mol. The van der Waals surface area contributed by atoms with Gasteiger partial charge in [-0.15, -0.1) is 0 Å². The van der Waals surface area contributed by atoms with Crippen molar-refractivity contribution < 1.29 is 19.0 Å². The molecule has 0 spiro atoms. The summed E-state index contributed by atoms with van der Waals surface area (Å²) in [7, 11) is 0. The first-order valence-electron chi connectivity index (χ1n) is 6.02. The standard InChI is InChI=1S/C12H22O4/c1-5-7-8-9-10(11(13)14-6-2)16-12(3,4)15-9/h9-10H,5-8H2,1-4H3/t9-,10+/m1/s1. The molecule has 1 fully saturated rings. The van der Waals surface area contributed by atoms with Crippen LogP contribution in [0, 0.1) is 0 Å². The van der Waals surface area contributed by atoms with E-state index < -0.39 is 11.9 Å². The largest absolute Gasteiger partial charge is 0.464 e. The van der Waals surface area contributed by atoms with Crippen LogP contribution in [0.1, 0.15) is 47.0 Å². The van der Waals surface area contributed by atoms with Crippen molar-refractivity contribution in [3.8, 4) is 0 Å². The third-order valence-electron chi connectivity index (χ3n) is 2.54. The molecule has 4 heteroatoms. The van der Waals surface area contributed by atoms with E-state index in [0.717, 1.165) is 19.3 Å². The highest BCUT2D eigenvalue weighted by Gasteiger charge is 2.45. The van der Waals surface area contributed by atoms with Crippen LogP contribution in [0.2, 0.25) is 0 Å². The number of hydrogen-bond acceptors (Lipinski definition) is 4. The van der Waals surface area contributed by atoms with Crippen LogP contribution in [0.4, 0.5) is 0 Å². The number of esters is 1. The molecule has 1 saturated heterocycles. The fourth-order valence-electron chi connectivity index (χ4n) is 1.88. The molecule has 0 radical (unpaired) electrons. The second-order valence-corrected chi connectivity index (χ2v) is 4.49. The molecule has 0 aromatic carbocycles. The smallest absolute Gasteiger partial charge is 0.338 e. The van der Waals surface area contributed by atoms with Gasteiger partial charge in [-0.1, -0.05) is 19.8 Å². The topological polar surface area (TPSA) is 44.8 Å². The van der Waals surface area contributed by atoms with E-state index in [1.165, 1.54) is 0 Å². The highest BCUT2D eigenvalue weighted by atomic mass is 16.8. The Labute approximate surface area is 97.2 Å². The van der Waals surface area contributed by atoms with Gasteiger partial charge in [-0.25, -0.2) is 4.79 Å². The fourth-order valence-corrected chi connectivity index (χ4v) is 1.88. The van der Waals surface area contributed by atoms with Crippen molar-refractivity contribution in [2.75, 3.05) is 6.61 Å². The summed E-state index contributed by atoms with van der Waals surface area (Å²) in [6.07, 6.45) is 2.20. The van der Waals surface area contributed by atoms with Gasteiger partial charge in [-0.3, -0.25) is 0 Å². The Morgan fingerprint density at radius 3 is 2.56 bits per heavy atom. The minimum absolute atomic E-state index is 0.172. The third kappa shape index (κ3) is 3.46. The monoisotopic (exact) mass is 230 g/mol.